The standard InChI is InChI=1S/C13H15FN2O3S/c14-11-4-2-1-3-10(11)9-12-15-16-13(19-12)20-8-7-18-6-5-17/h1-4,17H,5-9H2. The third kappa shape index (κ3) is 4.59. The first-order chi connectivity index (χ1) is 9.79. The number of thioether (sulfide) groups is 1. The van der Waals surface area contributed by atoms with E-state index in [1.54, 1.807) is 18.2 Å². The van der Waals surface area contributed by atoms with Gasteiger partial charge in [-0.2, -0.15) is 0 Å². The molecular formula is C13H15FN2O3S. The molecule has 0 amide bonds. The Labute approximate surface area is 120 Å². The molecule has 1 aromatic carbocycles. The van der Waals surface area contributed by atoms with Crippen LogP contribution in [0.2, 0.25) is 0 Å². The van der Waals surface area contributed by atoms with E-state index in [1.165, 1.54) is 17.8 Å². The molecule has 20 heavy (non-hydrogen) atoms. The smallest absolute Gasteiger partial charge is 0.276 e. The molecule has 2 aromatic rings. The summed E-state index contributed by atoms with van der Waals surface area (Å²) >= 11 is 1.37. The average molecular weight is 298 g/mol. The van der Waals surface area contributed by atoms with Gasteiger partial charge < -0.3 is 14.3 Å². The van der Waals surface area contributed by atoms with Gasteiger partial charge in [-0.15, -0.1) is 10.2 Å². The Hall–Kier alpha value is -1.44. The maximum Gasteiger partial charge on any atom is 0.276 e. The molecule has 1 aromatic heterocycles. The van der Waals surface area contributed by atoms with Gasteiger partial charge in [-0.3, -0.25) is 0 Å². The fraction of sp³-hybridized carbons (Fsp3) is 0.385. The average Bonchev–Trinajstić information content (AvgIpc) is 2.89. The molecule has 0 aliphatic rings. The molecule has 1 N–H and O–H groups in total. The number of benzene rings is 1. The van der Waals surface area contributed by atoms with Crippen LogP contribution in [0.3, 0.4) is 0 Å². The first kappa shape index (κ1) is 15.0. The molecule has 0 saturated carbocycles. The zero-order valence-corrected chi connectivity index (χ0v) is 11.6. The van der Waals surface area contributed by atoms with Crippen LogP contribution in [0.5, 0.6) is 0 Å². The summed E-state index contributed by atoms with van der Waals surface area (Å²) in [5, 5.41) is 16.7. The van der Waals surface area contributed by atoms with Crippen molar-refractivity contribution in [1.82, 2.24) is 10.2 Å². The Morgan fingerprint density at radius 2 is 2.10 bits per heavy atom. The van der Waals surface area contributed by atoms with Crippen LogP contribution in [0.1, 0.15) is 11.5 Å². The molecule has 0 aliphatic heterocycles. The Balaban J connectivity index is 1.82. The van der Waals surface area contributed by atoms with Crippen LogP contribution in [-0.2, 0) is 11.2 Å². The second-order valence-corrected chi connectivity index (χ2v) is 4.96. The van der Waals surface area contributed by atoms with Gasteiger partial charge in [-0.05, 0) is 11.6 Å². The third-order valence-corrected chi connectivity index (χ3v) is 3.22. The molecule has 0 bridgehead atoms. The van der Waals surface area contributed by atoms with Gasteiger partial charge in [-0.1, -0.05) is 30.0 Å². The highest BCUT2D eigenvalue weighted by molar-refractivity contribution is 7.99. The van der Waals surface area contributed by atoms with Crippen LogP contribution in [-0.4, -0.2) is 40.9 Å². The lowest BCUT2D eigenvalue weighted by atomic mass is 10.1. The van der Waals surface area contributed by atoms with Crippen molar-refractivity contribution < 1.29 is 18.7 Å². The predicted octanol–water partition coefficient (Wildman–Crippen LogP) is 1.90. The van der Waals surface area contributed by atoms with Crippen molar-refractivity contribution in [2.45, 2.75) is 11.6 Å². The fourth-order valence-corrected chi connectivity index (χ4v) is 2.16. The lowest BCUT2D eigenvalue weighted by Gasteiger charge is -1.99. The Bertz CT molecular complexity index is 536. The Kier molecular flexibility index (Phi) is 5.97. The minimum Gasteiger partial charge on any atom is -0.416 e. The van der Waals surface area contributed by atoms with Crippen LogP contribution in [0.15, 0.2) is 33.9 Å². The first-order valence-corrected chi connectivity index (χ1v) is 7.15. The monoisotopic (exact) mass is 298 g/mol. The second kappa shape index (κ2) is 7.98. The van der Waals surface area contributed by atoms with Crippen LogP contribution < -0.4 is 0 Å². The molecule has 0 fully saturated rings. The van der Waals surface area contributed by atoms with Crippen molar-refractivity contribution in [1.29, 1.82) is 0 Å². The molecule has 2 rings (SSSR count). The minimum absolute atomic E-state index is 0.0119. The normalized spacial score (nSPS) is 10.9. The van der Waals surface area contributed by atoms with E-state index in [0.29, 0.717) is 35.6 Å². The second-order valence-electron chi connectivity index (χ2n) is 3.91. The predicted molar refractivity (Wildman–Crippen MR) is 72.1 cm³/mol. The number of rotatable bonds is 8. The number of halogens is 1. The summed E-state index contributed by atoms with van der Waals surface area (Å²) in [5.41, 5.74) is 0.527. The third-order valence-electron chi connectivity index (χ3n) is 2.44. The first-order valence-electron chi connectivity index (χ1n) is 6.17. The SMILES string of the molecule is OCCOCCSc1nnc(Cc2ccccc2F)o1. The number of nitrogens with zero attached hydrogens (tertiary/aromatic N) is 2. The van der Waals surface area contributed by atoms with E-state index in [0.717, 1.165) is 0 Å². The van der Waals surface area contributed by atoms with E-state index in [9.17, 15) is 4.39 Å². The number of hydrogen-bond donors (Lipinski definition) is 1. The zero-order chi connectivity index (χ0) is 14.2. The molecule has 0 atom stereocenters. The van der Waals surface area contributed by atoms with Gasteiger partial charge in [0.1, 0.15) is 5.82 Å². The van der Waals surface area contributed by atoms with Crippen LogP contribution in [0.4, 0.5) is 4.39 Å². The van der Waals surface area contributed by atoms with Crippen molar-refractivity contribution in [2.75, 3.05) is 25.6 Å². The highest BCUT2D eigenvalue weighted by Crippen LogP contribution is 2.18. The maximum absolute atomic E-state index is 13.5. The molecular weight excluding hydrogens is 283 g/mol. The van der Waals surface area contributed by atoms with Crippen molar-refractivity contribution in [2.24, 2.45) is 0 Å². The Morgan fingerprint density at radius 3 is 2.90 bits per heavy atom. The number of aromatic nitrogens is 2. The molecule has 0 radical (unpaired) electrons. The van der Waals surface area contributed by atoms with Gasteiger partial charge >= 0.3 is 0 Å². The lowest BCUT2D eigenvalue weighted by molar-refractivity contribution is 0.103. The molecule has 0 unspecified atom stereocenters. The molecule has 108 valence electrons. The summed E-state index contributed by atoms with van der Waals surface area (Å²) in [6, 6.07) is 6.50. The topological polar surface area (TPSA) is 68.4 Å². The van der Waals surface area contributed by atoms with Crippen LogP contribution in [0, 0.1) is 5.82 Å². The molecule has 0 saturated heterocycles. The van der Waals surface area contributed by atoms with Crippen LogP contribution >= 0.6 is 11.8 Å². The maximum atomic E-state index is 13.5. The van der Waals surface area contributed by atoms with E-state index >= 15 is 0 Å². The number of aliphatic hydroxyl groups excluding tert-OH is 1. The number of ether oxygens (including phenoxy) is 1. The van der Waals surface area contributed by atoms with Gasteiger partial charge in [0.25, 0.3) is 5.22 Å². The van der Waals surface area contributed by atoms with E-state index in [-0.39, 0.29) is 18.8 Å². The van der Waals surface area contributed by atoms with Crippen molar-refractivity contribution in [3.63, 3.8) is 0 Å². The molecule has 1 heterocycles. The lowest BCUT2D eigenvalue weighted by Crippen LogP contribution is -2.02. The number of aliphatic hydroxyl groups is 1. The van der Waals surface area contributed by atoms with Crippen LogP contribution in [0.25, 0.3) is 0 Å². The molecule has 0 spiro atoms. The van der Waals surface area contributed by atoms with Gasteiger partial charge in [0.05, 0.1) is 26.2 Å². The van der Waals surface area contributed by atoms with E-state index in [4.69, 9.17) is 14.3 Å². The highest BCUT2D eigenvalue weighted by atomic mass is 32.2. The zero-order valence-electron chi connectivity index (χ0n) is 10.8. The summed E-state index contributed by atoms with van der Waals surface area (Å²) in [6.45, 7) is 0.831. The van der Waals surface area contributed by atoms with Gasteiger partial charge in [-0.25, -0.2) is 4.39 Å². The summed E-state index contributed by atoms with van der Waals surface area (Å²) in [4.78, 5) is 0. The van der Waals surface area contributed by atoms with Crippen molar-refractivity contribution in [3.8, 4) is 0 Å². The van der Waals surface area contributed by atoms with Gasteiger partial charge in [0, 0.05) is 5.75 Å². The summed E-state index contributed by atoms with van der Waals surface area (Å²) in [7, 11) is 0. The molecule has 7 heteroatoms. The van der Waals surface area contributed by atoms with E-state index in [1.807, 2.05) is 0 Å². The van der Waals surface area contributed by atoms with E-state index < -0.39 is 0 Å². The summed E-state index contributed by atoms with van der Waals surface area (Å²) < 4.78 is 24.0. The molecule has 0 aliphatic carbocycles. The highest BCUT2D eigenvalue weighted by Gasteiger charge is 2.09. The Morgan fingerprint density at radius 1 is 1.25 bits per heavy atom. The summed E-state index contributed by atoms with van der Waals surface area (Å²) in [5.74, 6) is 0.757. The van der Waals surface area contributed by atoms with Crippen molar-refractivity contribution >= 4 is 11.8 Å². The number of hydrogen-bond acceptors (Lipinski definition) is 6. The van der Waals surface area contributed by atoms with E-state index in [2.05, 4.69) is 10.2 Å². The van der Waals surface area contributed by atoms with Gasteiger partial charge in [0.2, 0.25) is 5.89 Å². The molecule has 5 nitrogen and oxygen atoms in total. The fourth-order valence-electron chi connectivity index (χ4n) is 1.53. The summed E-state index contributed by atoms with van der Waals surface area (Å²) in [6.07, 6.45) is 0.279. The van der Waals surface area contributed by atoms with Crippen molar-refractivity contribution in [3.05, 3.63) is 41.5 Å². The van der Waals surface area contributed by atoms with Gasteiger partial charge in [0.15, 0.2) is 0 Å². The quantitative estimate of drug-likeness (QED) is 0.593. The minimum atomic E-state index is -0.280. The largest absolute Gasteiger partial charge is 0.416 e.